The van der Waals surface area contributed by atoms with Crippen LogP contribution in [-0.2, 0) is 0 Å². The van der Waals surface area contributed by atoms with Crippen LogP contribution in [0.25, 0.3) is 0 Å². The summed E-state index contributed by atoms with van der Waals surface area (Å²) in [5, 5.41) is 8.87. The smallest absolute Gasteiger partial charge is 0.165 e. The van der Waals surface area contributed by atoms with Gasteiger partial charge in [-0.05, 0) is 25.0 Å². The van der Waals surface area contributed by atoms with Gasteiger partial charge in [-0.15, -0.1) is 0 Å². The van der Waals surface area contributed by atoms with Gasteiger partial charge in [-0.3, -0.25) is 0 Å². The van der Waals surface area contributed by atoms with Gasteiger partial charge in [0.05, 0.1) is 5.69 Å². The molecule has 0 bridgehead atoms. The van der Waals surface area contributed by atoms with E-state index in [2.05, 4.69) is 23.7 Å². The Bertz CT molecular complexity index is 375. The third-order valence-corrected chi connectivity index (χ3v) is 2.33. The standard InChI is InChI=1S/C12H18N4/c1-3-7-16(8-4-2)12-6-5-10(14)11(9-13)15-12/h5-6H,3-4,7-8,14H2,1-2H3. The van der Waals surface area contributed by atoms with Crippen molar-refractivity contribution in [3.63, 3.8) is 0 Å². The number of hydrogen-bond donors (Lipinski definition) is 1. The van der Waals surface area contributed by atoms with Crippen molar-refractivity contribution in [1.29, 1.82) is 5.26 Å². The van der Waals surface area contributed by atoms with E-state index < -0.39 is 0 Å². The van der Waals surface area contributed by atoms with E-state index in [0.717, 1.165) is 31.7 Å². The van der Waals surface area contributed by atoms with Crippen LogP contribution in [0.15, 0.2) is 12.1 Å². The summed E-state index contributed by atoms with van der Waals surface area (Å²) >= 11 is 0. The van der Waals surface area contributed by atoms with Gasteiger partial charge in [0.15, 0.2) is 5.69 Å². The Morgan fingerprint density at radius 1 is 1.31 bits per heavy atom. The number of nitrogens with two attached hydrogens (primary N) is 1. The fourth-order valence-electron chi connectivity index (χ4n) is 1.61. The Kier molecular flexibility index (Phi) is 4.59. The van der Waals surface area contributed by atoms with E-state index in [4.69, 9.17) is 11.0 Å². The maximum atomic E-state index is 8.87. The summed E-state index contributed by atoms with van der Waals surface area (Å²) in [4.78, 5) is 6.45. The summed E-state index contributed by atoms with van der Waals surface area (Å²) in [7, 11) is 0. The molecule has 0 spiro atoms. The first-order valence-electron chi connectivity index (χ1n) is 5.64. The van der Waals surface area contributed by atoms with Gasteiger partial charge in [0.25, 0.3) is 0 Å². The Morgan fingerprint density at radius 3 is 2.44 bits per heavy atom. The molecule has 0 aliphatic carbocycles. The van der Waals surface area contributed by atoms with Crippen molar-refractivity contribution in [2.24, 2.45) is 0 Å². The van der Waals surface area contributed by atoms with Crippen molar-refractivity contribution in [2.75, 3.05) is 23.7 Å². The summed E-state index contributed by atoms with van der Waals surface area (Å²) < 4.78 is 0. The molecule has 0 amide bonds. The highest BCUT2D eigenvalue weighted by Gasteiger charge is 2.08. The van der Waals surface area contributed by atoms with Gasteiger partial charge in [-0.2, -0.15) is 5.26 Å². The highest BCUT2D eigenvalue weighted by molar-refractivity contribution is 5.55. The molecule has 0 aromatic carbocycles. The summed E-state index contributed by atoms with van der Waals surface area (Å²) in [6, 6.07) is 5.64. The van der Waals surface area contributed by atoms with E-state index in [-0.39, 0.29) is 0 Å². The van der Waals surface area contributed by atoms with E-state index in [1.54, 1.807) is 6.07 Å². The van der Waals surface area contributed by atoms with Crippen molar-refractivity contribution < 1.29 is 0 Å². The van der Waals surface area contributed by atoms with Gasteiger partial charge in [-0.25, -0.2) is 4.98 Å². The molecule has 16 heavy (non-hydrogen) atoms. The molecule has 0 aliphatic rings. The van der Waals surface area contributed by atoms with Crippen LogP contribution in [-0.4, -0.2) is 18.1 Å². The van der Waals surface area contributed by atoms with Crippen molar-refractivity contribution in [2.45, 2.75) is 26.7 Å². The van der Waals surface area contributed by atoms with Gasteiger partial charge in [-0.1, -0.05) is 13.8 Å². The third-order valence-electron chi connectivity index (χ3n) is 2.33. The predicted molar refractivity (Wildman–Crippen MR) is 66.2 cm³/mol. The Balaban J connectivity index is 2.96. The minimum atomic E-state index is 0.315. The molecule has 1 heterocycles. The molecule has 1 aromatic rings. The zero-order valence-corrected chi connectivity index (χ0v) is 9.90. The normalized spacial score (nSPS) is 9.81. The molecule has 86 valence electrons. The number of pyridine rings is 1. The Morgan fingerprint density at radius 2 is 1.94 bits per heavy atom. The van der Waals surface area contributed by atoms with Crippen LogP contribution in [0.4, 0.5) is 11.5 Å². The second-order valence-corrected chi connectivity index (χ2v) is 3.71. The van der Waals surface area contributed by atoms with Crippen LogP contribution < -0.4 is 10.6 Å². The fraction of sp³-hybridized carbons (Fsp3) is 0.500. The molecule has 4 heteroatoms. The van der Waals surface area contributed by atoms with E-state index in [0.29, 0.717) is 11.4 Å². The van der Waals surface area contributed by atoms with Crippen LogP contribution in [0.2, 0.25) is 0 Å². The molecule has 0 atom stereocenters. The van der Waals surface area contributed by atoms with E-state index >= 15 is 0 Å². The molecule has 4 nitrogen and oxygen atoms in total. The van der Waals surface area contributed by atoms with Crippen molar-refractivity contribution in [3.8, 4) is 6.07 Å². The predicted octanol–water partition coefficient (Wildman–Crippen LogP) is 2.16. The van der Waals surface area contributed by atoms with Crippen LogP contribution in [0.5, 0.6) is 0 Å². The summed E-state index contributed by atoms with van der Waals surface area (Å²) in [6.45, 7) is 6.17. The van der Waals surface area contributed by atoms with Crippen LogP contribution in [0.3, 0.4) is 0 Å². The van der Waals surface area contributed by atoms with Crippen LogP contribution >= 0.6 is 0 Å². The zero-order chi connectivity index (χ0) is 12.0. The van der Waals surface area contributed by atoms with Crippen molar-refractivity contribution >= 4 is 11.5 Å². The molecule has 0 saturated carbocycles. The van der Waals surface area contributed by atoms with Crippen molar-refractivity contribution in [3.05, 3.63) is 17.8 Å². The second kappa shape index (κ2) is 5.96. The highest BCUT2D eigenvalue weighted by Crippen LogP contribution is 2.16. The number of nitrogen functional groups attached to an aromatic ring is 1. The highest BCUT2D eigenvalue weighted by atomic mass is 15.2. The third kappa shape index (κ3) is 2.86. The molecule has 0 radical (unpaired) electrons. The molecule has 0 unspecified atom stereocenters. The van der Waals surface area contributed by atoms with Gasteiger partial charge in [0.1, 0.15) is 11.9 Å². The molecule has 1 aromatic heterocycles. The number of nitrogens with zero attached hydrogens (tertiary/aromatic N) is 3. The lowest BCUT2D eigenvalue weighted by Gasteiger charge is -2.22. The minimum Gasteiger partial charge on any atom is -0.396 e. The number of aromatic nitrogens is 1. The summed E-state index contributed by atoms with van der Waals surface area (Å²) in [6.07, 6.45) is 2.13. The molecule has 0 saturated heterocycles. The molecule has 1 rings (SSSR count). The zero-order valence-electron chi connectivity index (χ0n) is 9.90. The molecule has 0 aliphatic heterocycles. The first kappa shape index (κ1) is 12.3. The summed E-state index contributed by atoms with van der Waals surface area (Å²) in [5.41, 5.74) is 6.40. The summed E-state index contributed by atoms with van der Waals surface area (Å²) in [5.74, 6) is 0.842. The van der Waals surface area contributed by atoms with Crippen LogP contribution in [0, 0.1) is 11.3 Å². The average Bonchev–Trinajstić information content (AvgIpc) is 2.29. The monoisotopic (exact) mass is 218 g/mol. The molecule has 2 N–H and O–H groups in total. The van der Waals surface area contributed by atoms with Gasteiger partial charge >= 0.3 is 0 Å². The fourth-order valence-corrected chi connectivity index (χ4v) is 1.61. The van der Waals surface area contributed by atoms with E-state index in [9.17, 15) is 0 Å². The number of nitriles is 1. The number of anilines is 2. The number of hydrogen-bond acceptors (Lipinski definition) is 4. The first-order chi connectivity index (χ1) is 7.72. The second-order valence-electron chi connectivity index (χ2n) is 3.71. The molecular formula is C12H18N4. The van der Waals surface area contributed by atoms with E-state index in [1.807, 2.05) is 12.1 Å². The Hall–Kier alpha value is -1.76. The molecular weight excluding hydrogens is 200 g/mol. The lowest BCUT2D eigenvalue weighted by molar-refractivity contribution is 0.734. The Labute approximate surface area is 96.7 Å². The quantitative estimate of drug-likeness (QED) is 0.822. The van der Waals surface area contributed by atoms with Crippen molar-refractivity contribution in [1.82, 2.24) is 4.98 Å². The van der Waals surface area contributed by atoms with Crippen LogP contribution in [0.1, 0.15) is 32.4 Å². The average molecular weight is 218 g/mol. The maximum Gasteiger partial charge on any atom is 0.165 e. The molecule has 0 fully saturated rings. The topological polar surface area (TPSA) is 65.9 Å². The lowest BCUT2D eigenvalue weighted by Crippen LogP contribution is -2.26. The number of rotatable bonds is 5. The first-order valence-corrected chi connectivity index (χ1v) is 5.64. The van der Waals surface area contributed by atoms with Gasteiger partial charge in [0, 0.05) is 13.1 Å². The SMILES string of the molecule is CCCN(CCC)c1ccc(N)c(C#N)n1. The minimum absolute atomic E-state index is 0.315. The maximum absolute atomic E-state index is 8.87. The lowest BCUT2D eigenvalue weighted by atomic mass is 10.3. The van der Waals surface area contributed by atoms with E-state index in [1.165, 1.54) is 0 Å². The van der Waals surface area contributed by atoms with Gasteiger partial charge < -0.3 is 10.6 Å². The van der Waals surface area contributed by atoms with Gasteiger partial charge in [0.2, 0.25) is 0 Å². The largest absolute Gasteiger partial charge is 0.396 e.